The van der Waals surface area contributed by atoms with Gasteiger partial charge < -0.3 is 9.47 Å². The Hall–Kier alpha value is -2.83. The lowest BCUT2D eigenvalue weighted by atomic mass is 10.1. The summed E-state index contributed by atoms with van der Waals surface area (Å²) in [4.78, 5) is 33.2. The van der Waals surface area contributed by atoms with Crippen LogP contribution in [0.15, 0.2) is 27.8 Å². The summed E-state index contributed by atoms with van der Waals surface area (Å²) in [6.07, 6.45) is 2.86. The van der Waals surface area contributed by atoms with Crippen molar-refractivity contribution in [2.24, 2.45) is 13.0 Å². The summed E-state index contributed by atoms with van der Waals surface area (Å²) >= 11 is 0. The SMILES string of the molecule is CCCCCn1c(=O)c2c(nc3n2C[C@@H](C)CN3c2cc(C)cc(C)c2)n(C)c1=O. The Labute approximate surface area is 176 Å². The Morgan fingerprint density at radius 1 is 1.07 bits per heavy atom. The van der Waals surface area contributed by atoms with Crippen LogP contribution in [0, 0.1) is 19.8 Å². The first-order valence-corrected chi connectivity index (χ1v) is 10.9. The van der Waals surface area contributed by atoms with Crippen LogP contribution < -0.4 is 16.1 Å². The van der Waals surface area contributed by atoms with E-state index in [0.29, 0.717) is 23.6 Å². The zero-order valence-corrected chi connectivity index (χ0v) is 18.6. The largest absolute Gasteiger partial charge is 0.332 e. The molecule has 7 heteroatoms. The van der Waals surface area contributed by atoms with E-state index in [1.54, 1.807) is 7.05 Å². The van der Waals surface area contributed by atoms with Crippen molar-refractivity contribution in [1.29, 1.82) is 0 Å². The van der Waals surface area contributed by atoms with Crippen molar-refractivity contribution >= 4 is 22.8 Å². The molecule has 3 aromatic rings. The number of anilines is 2. The Bertz CT molecular complexity index is 1200. The fourth-order valence-electron chi connectivity index (χ4n) is 4.55. The van der Waals surface area contributed by atoms with E-state index in [-0.39, 0.29) is 11.2 Å². The van der Waals surface area contributed by atoms with Crippen LogP contribution in [0.2, 0.25) is 0 Å². The second-order valence-corrected chi connectivity index (χ2v) is 8.76. The highest BCUT2D eigenvalue weighted by atomic mass is 16.2. The lowest BCUT2D eigenvalue weighted by Crippen LogP contribution is -2.40. The molecular weight excluding hydrogens is 378 g/mol. The summed E-state index contributed by atoms with van der Waals surface area (Å²) in [5.41, 5.74) is 3.94. The molecule has 30 heavy (non-hydrogen) atoms. The highest BCUT2D eigenvalue weighted by Crippen LogP contribution is 2.33. The molecule has 1 aliphatic heterocycles. The monoisotopic (exact) mass is 409 g/mol. The number of unbranched alkanes of at least 4 members (excludes halogenated alkanes) is 2. The molecule has 0 saturated carbocycles. The van der Waals surface area contributed by atoms with Gasteiger partial charge in [0.25, 0.3) is 5.56 Å². The summed E-state index contributed by atoms with van der Waals surface area (Å²) in [5, 5.41) is 0. The average Bonchev–Trinajstić information content (AvgIpc) is 3.07. The highest BCUT2D eigenvalue weighted by molar-refractivity contribution is 5.77. The number of rotatable bonds is 5. The van der Waals surface area contributed by atoms with Crippen LogP contribution in [-0.4, -0.2) is 25.2 Å². The van der Waals surface area contributed by atoms with Gasteiger partial charge in [-0.2, -0.15) is 4.98 Å². The fraction of sp³-hybridized carbons (Fsp3) is 0.522. The second kappa shape index (κ2) is 7.78. The van der Waals surface area contributed by atoms with E-state index in [1.165, 1.54) is 20.3 Å². The van der Waals surface area contributed by atoms with Crippen molar-refractivity contribution in [2.75, 3.05) is 11.4 Å². The minimum absolute atomic E-state index is 0.225. The summed E-state index contributed by atoms with van der Waals surface area (Å²) in [6.45, 7) is 10.5. The number of aryl methyl sites for hydroxylation is 3. The molecule has 0 radical (unpaired) electrons. The molecule has 0 spiro atoms. The van der Waals surface area contributed by atoms with Gasteiger partial charge in [0.15, 0.2) is 11.2 Å². The van der Waals surface area contributed by atoms with E-state index in [9.17, 15) is 9.59 Å². The molecule has 1 atom stereocenters. The maximum atomic E-state index is 13.4. The summed E-state index contributed by atoms with van der Waals surface area (Å²) in [5.74, 6) is 1.09. The van der Waals surface area contributed by atoms with Crippen LogP contribution in [0.1, 0.15) is 44.2 Å². The van der Waals surface area contributed by atoms with Gasteiger partial charge in [0, 0.05) is 32.4 Å². The molecule has 3 heterocycles. The minimum atomic E-state index is -0.287. The molecule has 4 rings (SSSR count). The normalized spacial score (nSPS) is 16.3. The number of hydrogen-bond donors (Lipinski definition) is 0. The van der Waals surface area contributed by atoms with E-state index in [0.717, 1.165) is 44.0 Å². The molecule has 0 amide bonds. The Kier molecular flexibility index (Phi) is 5.30. The van der Waals surface area contributed by atoms with Crippen LogP contribution in [0.3, 0.4) is 0 Å². The van der Waals surface area contributed by atoms with E-state index in [1.807, 2.05) is 4.57 Å². The van der Waals surface area contributed by atoms with Gasteiger partial charge in [0.05, 0.1) is 0 Å². The Balaban J connectivity index is 1.93. The van der Waals surface area contributed by atoms with Crippen LogP contribution in [0.5, 0.6) is 0 Å². The molecule has 0 fully saturated rings. The van der Waals surface area contributed by atoms with E-state index in [2.05, 4.69) is 50.8 Å². The average molecular weight is 410 g/mol. The Morgan fingerprint density at radius 2 is 1.77 bits per heavy atom. The van der Waals surface area contributed by atoms with Gasteiger partial charge in [0.2, 0.25) is 5.95 Å². The quantitative estimate of drug-likeness (QED) is 0.605. The van der Waals surface area contributed by atoms with Crippen LogP contribution in [0.25, 0.3) is 11.2 Å². The lowest BCUT2D eigenvalue weighted by molar-refractivity contribution is 0.457. The number of fused-ring (bicyclic) bond motifs is 3. The lowest BCUT2D eigenvalue weighted by Gasteiger charge is -2.33. The van der Waals surface area contributed by atoms with Crippen molar-refractivity contribution in [3.05, 3.63) is 50.2 Å². The molecule has 2 aromatic heterocycles. The molecule has 1 aromatic carbocycles. The molecule has 0 bridgehead atoms. The molecule has 0 N–H and O–H groups in total. The van der Waals surface area contributed by atoms with Crippen molar-refractivity contribution in [3.63, 3.8) is 0 Å². The summed E-state index contributed by atoms with van der Waals surface area (Å²) in [7, 11) is 1.71. The zero-order chi connectivity index (χ0) is 21.6. The van der Waals surface area contributed by atoms with Crippen molar-refractivity contribution in [2.45, 2.75) is 60.0 Å². The van der Waals surface area contributed by atoms with Gasteiger partial charge in [-0.15, -0.1) is 0 Å². The Morgan fingerprint density at radius 3 is 2.43 bits per heavy atom. The van der Waals surface area contributed by atoms with E-state index >= 15 is 0 Å². The first-order valence-electron chi connectivity index (χ1n) is 10.9. The fourth-order valence-corrected chi connectivity index (χ4v) is 4.55. The molecule has 0 unspecified atom stereocenters. The van der Waals surface area contributed by atoms with Crippen LogP contribution in [0.4, 0.5) is 11.6 Å². The van der Waals surface area contributed by atoms with E-state index < -0.39 is 0 Å². The van der Waals surface area contributed by atoms with Gasteiger partial charge in [-0.05, 0) is 49.4 Å². The third-order valence-corrected chi connectivity index (χ3v) is 5.95. The number of aromatic nitrogens is 4. The van der Waals surface area contributed by atoms with Gasteiger partial charge >= 0.3 is 5.69 Å². The predicted octanol–water partition coefficient (Wildman–Crippen LogP) is 3.49. The summed E-state index contributed by atoms with van der Waals surface area (Å²) < 4.78 is 4.92. The molecular formula is C23H31N5O2. The minimum Gasteiger partial charge on any atom is -0.312 e. The van der Waals surface area contributed by atoms with Crippen molar-refractivity contribution in [1.82, 2.24) is 18.7 Å². The molecule has 7 nitrogen and oxygen atoms in total. The smallest absolute Gasteiger partial charge is 0.312 e. The first kappa shape index (κ1) is 20.4. The van der Waals surface area contributed by atoms with Gasteiger partial charge in [-0.3, -0.25) is 13.9 Å². The highest BCUT2D eigenvalue weighted by Gasteiger charge is 2.29. The van der Waals surface area contributed by atoms with Gasteiger partial charge in [-0.25, -0.2) is 4.79 Å². The topological polar surface area (TPSA) is 65.1 Å². The summed E-state index contributed by atoms with van der Waals surface area (Å²) in [6, 6.07) is 6.45. The third kappa shape index (κ3) is 3.36. The van der Waals surface area contributed by atoms with Crippen LogP contribution in [-0.2, 0) is 20.1 Å². The van der Waals surface area contributed by atoms with Crippen molar-refractivity contribution in [3.8, 4) is 0 Å². The maximum Gasteiger partial charge on any atom is 0.332 e. The van der Waals surface area contributed by atoms with E-state index in [4.69, 9.17) is 4.98 Å². The number of benzene rings is 1. The molecule has 160 valence electrons. The first-order chi connectivity index (χ1) is 14.3. The third-order valence-electron chi connectivity index (χ3n) is 5.95. The molecule has 0 saturated heterocycles. The maximum absolute atomic E-state index is 13.4. The standard InChI is InChI=1S/C23H31N5O2/c1-6-7-8-9-26-21(29)19-20(25(5)23(26)30)24-22-27(13-17(4)14-28(19)22)18-11-15(2)10-16(3)12-18/h10-12,17H,6-9,13-14H2,1-5H3/t17-/m0/s1. The number of nitrogens with zero attached hydrogens (tertiary/aromatic N) is 5. The predicted molar refractivity (Wildman–Crippen MR) is 121 cm³/mol. The molecule has 0 aliphatic carbocycles. The van der Waals surface area contributed by atoms with Gasteiger partial charge in [-0.1, -0.05) is 32.8 Å². The second-order valence-electron chi connectivity index (χ2n) is 8.76. The molecule has 1 aliphatic rings. The zero-order valence-electron chi connectivity index (χ0n) is 18.6. The van der Waals surface area contributed by atoms with Crippen molar-refractivity contribution < 1.29 is 0 Å². The van der Waals surface area contributed by atoms with Crippen LogP contribution >= 0.6 is 0 Å². The number of imidazole rings is 1. The number of hydrogen-bond acceptors (Lipinski definition) is 4. The van der Waals surface area contributed by atoms with Gasteiger partial charge in [0.1, 0.15) is 0 Å².